The van der Waals surface area contributed by atoms with E-state index in [1.54, 1.807) is 0 Å². The van der Waals surface area contributed by atoms with Gasteiger partial charge in [0.25, 0.3) is 0 Å². The first-order valence-corrected chi connectivity index (χ1v) is 9.79. The van der Waals surface area contributed by atoms with Crippen LogP contribution in [0.4, 0.5) is 0 Å². The van der Waals surface area contributed by atoms with Gasteiger partial charge in [0.15, 0.2) is 5.65 Å². The first-order valence-electron chi connectivity index (χ1n) is 9.79. The van der Waals surface area contributed by atoms with Crippen molar-refractivity contribution in [2.45, 2.75) is 39.7 Å². The van der Waals surface area contributed by atoms with Gasteiger partial charge in [-0.3, -0.25) is 4.79 Å². The summed E-state index contributed by atoms with van der Waals surface area (Å²) in [7, 11) is 0. The van der Waals surface area contributed by atoms with Gasteiger partial charge in [0.1, 0.15) is 6.10 Å². The summed E-state index contributed by atoms with van der Waals surface area (Å²) in [5.41, 5.74) is 6.08. The molecule has 3 heterocycles. The van der Waals surface area contributed by atoms with Crippen molar-refractivity contribution in [3.63, 3.8) is 0 Å². The maximum atomic E-state index is 12.9. The molecule has 1 amide bonds. The van der Waals surface area contributed by atoms with Crippen LogP contribution >= 0.6 is 0 Å². The van der Waals surface area contributed by atoms with Crippen LogP contribution in [0.1, 0.15) is 40.7 Å². The Morgan fingerprint density at radius 2 is 2.00 bits per heavy atom. The van der Waals surface area contributed by atoms with Gasteiger partial charge in [0.05, 0.1) is 18.8 Å². The average Bonchev–Trinajstić information content (AvgIpc) is 3.08. The van der Waals surface area contributed by atoms with Crippen LogP contribution in [0.5, 0.6) is 0 Å². The van der Waals surface area contributed by atoms with Gasteiger partial charge in [-0.1, -0.05) is 30.3 Å². The zero-order valence-corrected chi connectivity index (χ0v) is 16.7. The molecule has 6 nitrogen and oxygen atoms in total. The number of ether oxygens (including phenoxy) is 1. The summed E-state index contributed by atoms with van der Waals surface area (Å²) in [6, 6.07) is 12.1. The number of benzene rings is 1. The molecular weight excluding hydrogens is 352 g/mol. The molecule has 146 valence electrons. The van der Waals surface area contributed by atoms with Crippen molar-refractivity contribution >= 4 is 11.6 Å². The van der Waals surface area contributed by atoms with Crippen molar-refractivity contribution in [1.82, 2.24) is 19.5 Å². The summed E-state index contributed by atoms with van der Waals surface area (Å²) in [6.07, 6.45) is 1.09. The van der Waals surface area contributed by atoms with Crippen LogP contribution in [0, 0.1) is 20.8 Å². The number of morpholine rings is 1. The fourth-order valence-corrected chi connectivity index (χ4v) is 3.94. The molecule has 0 spiro atoms. The normalized spacial score (nSPS) is 17.2. The van der Waals surface area contributed by atoms with E-state index in [-0.39, 0.29) is 12.0 Å². The Bertz CT molecular complexity index is 997. The summed E-state index contributed by atoms with van der Waals surface area (Å²) in [5, 5.41) is 4.52. The Balaban J connectivity index is 1.45. The van der Waals surface area contributed by atoms with Gasteiger partial charge in [0.2, 0.25) is 5.91 Å². The molecule has 0 aliphatic carbocycles. The quantitative estimate of drug-likeness (QED) is 0.700. The fraction of sp³-hybridized carbons (Fsp3) is 0.409. The summed E-state index contributed by atoms with van der Waals surface area (Å²) < 4.78 is 7.76. The number of hydrogen-bond donors (Lipinski definition) is 0. The number of hydrogen-bond acceptors (Lipinski definition) is 4. The van der Waals surface area contributed by atoms with E-state index in [2.05, 4.69) is 22.2 Å². The molecule has 4 rings (SSSR count). The molecule has 6 heteroatoms. The van der Waals surface area contributed by atoms with Crippen molar-refractivity contribution in [2.75, 3.05) is 19.7 Å². The number of fused-ring (bicyclic) bond motifs is 1. The summed E-state index contributed by atoms with van der Waals surface area (Å²) in [6.45, 7) is 7.85. The van der Waals surface area contributed by atoms with E-state index < -0.39 is 0 Å². The van der Waals surface area contributed by atoms with Crippen molar-refractivity contribution < 1.29 is 9.53 Å². The average molecular weight is 378 g/mol. The van der Waals surface area contributed by atoms with Crippen LogP contribution in [0.25, 0.3) is 5.65 Å². The van der Waals surface area contributed by atoms with Gasteiger partial charge in [-0.05, 0) is 38.3 Å². The van der Waals surface area contributed by atoms with E-state index in [4.69, 9.17) is 4.74 Å². The van der Waals surface area contributed by atoms with Gasteiger partial charge in [-0.15, -0.1) is 0 Å². The third-order valence-corrected chi connectivity index (χ3v) is 5.47. The smallest absolute Gasteiger partial charge is 0.223 e. The predicted molar refractivity (Wildman–Crippen MR) is 107 cm³/mol. The molecule has 0 radical (unpaired) electrons. The van der Waals surface area contributed by atoms with Crippen LogP contribution in [0.2, 0.25) is 0 Å². The maximum Gasteiger partial charge on any atom is 0.223 e. The highest BCUT2D eigenvalue weighted by Crippen LogP contribution is 2.23. The fourth-order valence-electron chi connectivity index (χ4n) is 3.94. The highest BCUT2D eigenvalue weighted by atomic mass is 16.5. The minimum Gasteiger partial charge on any atom is -0.370 e. The van der Waals surface area contributed by atoms with E-state index in [0.29, 0.717) is 32.5 Å². The van der Waals surface area contributed by atoms with Crippen molar-refractivity contribution in [3.8, 4) is 0 Å². The molecule has 1 aromatic carbocycles. The van der Waals surface area contributed by atoms with Gasteiger partial charge in [-0.2, -0.15) is 5.10 Å². The second kappa shape index (κ2) is 7.72. The Hall–Kier alpha value is -2.73. The van der Waals surface area contributed by atoms with Gasteiger partial charge in [-0.25, -0.2) is 9.50 Å². The standard InChI is InChI=1S/C22H26N4O2/c1-15-13-21-23-16(2)19(17(3)26(21)24-15)9-10-22(27)25-11-12-28-20(14-25)18-7-5-4-6-8-18/h4-8,13,20H,9-12,14H2,1-3H3/t20-/m1/s1. The minimum absolute atomic E-state index is 0.0487. The highest BCUT2D eigenvalue weighted by molar-refractivity contribution is 5.76. The Morgan fingerprint density at radius 3 is 2.79 bits per heavy atom. The highest BCUT2D eigenvalue weighted by Gasteiger charge is 2.25. The van der Waals surface area contributed by atoms with E-state index in [9.17, 15) is 4.79 Å². The van der Waals surface area contributed by atoms with Crippen LogP contribution in [-0.4, -0.2) is 45.1 Å². The maximum absolute atomic E-state index is 12.9. The molecule has 0 bridgehead atoms. The number of nitrogens with zero attached hydrogens (tertiary/aromatic N) is 4. The summed E-state index contributed by atoms with van der Waals surface area (Å²) in [5.74, 6) is 0.166. The number of carbonyl (C=O) groups excluding carboxylic acids is 1. The Kier molecular flexibility index (Phi) is 5.13. The van der Waals surface area contributed by atoms with Crippen molar-refractivity contribution in [1.29, 1.82) is 0 Å². The Labute approximate surface area is 165 Å². The molecule has 28 heavy (non-hydrogen) atoms. The lowest BCUT2D eigenvalue weighted by atomic mass is 10.0. The number of carbonyl (C=O) groups is 1. The number of aromatic nitrogens is 3. The predicted octanol–water partition coefficient (Wildman–Crippen LogP) is 3.19. The molecule has 1 aliphatic heterocycles. The first kappa shape index (κ1) is 18.6. The third kappa shape index (κ3) is 3.64. The zero-order valence-electron chi connectivity index (χ0n) is 16.7. The van der Waals surface area contributed by atoms with Crippen LogP contribution in [-0.2, 0) is 16.0 Å². The number of amides is 1. The Morgan fingerprint density at radius 1 is 1.21 bits per heavy atom. The van der Waals surface area contributed by atoms with Gasteiger partial charge >= 0.3 is 0 Å². The number of rotatable bonds is 4. The van der Waals surface area contributed by atoms with Crippen molar-refractivity contribution in [3.05, 3.63) is 64.6 Å². The van der Waals surface area contributed by atoms with E-state index in [1.807, 2.05) is 54.5 Å². The van der Waals surface area contributed by atoms with Crippen molar-refractivity contribution in [2.24, 2.45) is 0 Å². The lowest BCUT2D eigenvalue weighted by Crippen LogP contribution is -2.42. The van der Waals surface area contributed by atoms with Crippen LogP contribution in [0.3, 0.4) is 0 Å². The molecule has 0 saturated carbocycles. The zero-order chi connectivity index (χ0) is 19.7. The molecule has 3 aromatic rings. The lowest BCUT2D eigenvalue weighted by molar-refractivity contribution is -0.139. The third-order valence-electron chi connectivity index (χ3n) is 5.47. The molecular formula is C22H26N4O2. The van der Waals surface area contributed by atoms with E-state index in [0.717, 1.165) is 33.9 Å². The molecule has 2 aromatic heterocycles. The molecule has 1 atom stereocenters. The molecule has 0 unspecified atom stereocenters. The van der Waals surface area contributed by atoms with Gasteiger partial charge in [0, 0.05) is 30.4 Å². The number of aryl methyl sites for hydroxylation is 3. The second-order valence-corrected chi connectivity index (χ2v) is 7.43. The lowest BCUT2D eigenvalue weighted by Gasteiger charge is -2.33. The van der Waals surface area contributed by atoms with Crippen LogP contribution < -0.4 is 0 Å². The second-order valence-electron chi connectivity index (χ2n) is 7.43. The summed E-state index contributed by atoms with van der Waals surface area (Å²) >= 11 is 0. The molecule has 0 N–H and O–H groups in total. The van der Waals surface area contributed by atoms with Gasteiger partial charge < -0.3 is 9.64 Å². The van der Waals surface area contributed by atoms with E-state index >= 15 is 0 Å². The topological polar surface area (TPSA) is 59.7 Å². The first-order chi connectivity index (χ1) is 13.5. The molecule has 1 aliphatic rings. The van der Waals surface area contributed by atoms with Crippen LogP contribution in [0.15, 0.2) is 36.4 Å². The SMILES string of the molecule is Cc1cc2nc(C)c(CCC(=O)N3CCO[C@@H](c4ccccc4)C3)c(C)n2n1. The molecule has 1 saturated heterocycles. The minimum atomic E-state index is -0.0487. The summed E-state index contributed by atoms with van der Waals surface area (Å²) in [4.78, 5) is 19.4. The monoisotopic (exact) mass is 378 g/mol. The largest absolute Gasteiger partial charge is 0.370 e. The molecule has 1 fully saturated rings. The van der Waals surface area contributed by atoms with E-state index in [1.165, 1.54) is 0 Å².